The number of likely N-dealkylation sites (tertiary alicyclic amines) is 1. The third-order valence-corrected chi connectivity index (χ3v) is 2.45. The minimum absolute atomic E-state index is 0.198. The van der Waals surface area contributed by atoms with Crippen LogP contribution in [-0.2, 0) is 4.79 Å². The van der Waals surface area contributed by atoms with E-state index in [4.69, 9.17) is 5.11 Å². The van der Waals surface area contributed by atoms with Gasteiger partial charge in [-0.3, -0.25) is 9.69 Å². The van der Waals surface area contributed by atoms with Gasteiger partial charge in [0.1, 0.15) is 6.04 Å². The Hall–Kier alpha value is -0.570. The van der Waals surface area contributed by atoms with E-state index in [1.165, 1.54) is 0 Å². The monoisotopic (exact) mass is 171 g/mol. The lowest BCUT2D eigenvalue weighted by Gasteiger charge is -2.20. The summed E-state index contributed by atoms with van der Waals surface area (Å²) in [5.41, 5.74) is 0. The van der Waals surface area contributed by atoms with Crippen LogP contribution < -0.4 is 0 Å². The van der Waals surface area contributed by atoms with Crippen molar-refractivity contribution in [3.63, 3.8) is 0 Å². The summed E-state index contributed by atoms with van der Waals surface area (Å²) in [5.74, 6) is -0.649. The Morgan fingerprint density at radius 3 is 3.00 bits per heavy atom. The number of unbranched alkanes of at least 4 members (excludes halogenated alkanes) is 1. The highest BCUT2D eigenvalue weighted by molar-refractivity contribution is 5.73. The molecule has 12 heavy (non-hydrogen) atoms. The topological polar surface area (TPSA) is 40.5 Å². The van der Waals surface area contributed by atoms with E-state index in [2.05, 4.69) is 11.8 Å². The zero-order chi connectivity index (χ0) is 8.97. The minimum Gasteiger partial charge on any atom is -0.480 e. The van der Waals surface area contributed by atoms with Crippen molar-refractivity contribution in [1.82, 2.24) is 4.90 Å². The van der Waals surface area contributed by atoms with Crippen molar-refractivity contribution >= 4 is 5.97 Å². The van der Waals surface area contributed by atoms with Crippen LogP contribution in [0.2, 0.25) is 0 Å². The molecular formula is C9H17NO2. The third kappa shape index (κ3) is 2.21. The number of rotatable bonds is 4. The Balaban J connectivity index is 2.35. The van der Waals surface area contributed by atoms with Crippen molar-refractivity contribution < 1.29 is 9.90 Å². The summed E-state index contributed by atoms with van der Waals surface area (Å²) in [4.78, 5) is 12.8. The fraction of sp³-hybridized carbons (Fsp3) is 0.889. The Bertz CT molecular complexity index is 159. The predicted octanol–water partition coefficient (Wildman–Crippen LogP) is 1.34. The lowest BCUT2D eigenvalue weighted by Crippen LogP contribution is -2.36. The molecule has 1 rings (SSSR count). The number of hydrogen-bond acceptors (Lipinski definition) is 2. The van der Waals surface area contributed by atoms with E-state index in [1.807, 2.05) is 0 Å². The lowest BCUT2D eigenvalue weighted by molar-refractivity contribution is -0.142. The van der Waals surface area contributed by atoms with Crippen molar-refractivity contribution in [3.8, 4) is 0 Å². The van der Waals surface area contributed by atoms with E-state index in [9.17, 15) is 4.79 Å². The Morgan fingerprint density at radius 1 is 1.67 bits per heavy atom. The van der Waals surface area contributed by atoms with Gasteiger partial charge in [0.2, 0.25) is 0 Å². The van der Waals surface area contributed by atoms with E-state index in [0.717, 1.165) is 38.8 Å². The molecule has 3 nitrogen and oxygen atoms in total. The van der Waals surface area contributed by atoms with E-state index >= 15 is 0 Å². The average Bonchev–Trinajstić information content (AvgIpc) is 2.48. The molecule has 1 aliphatic rings. The lowest BCUT2D eigenvalue weighted by atomic mass is 10.2. The van der Waals surface area contributed by atoms with Crippen LogP contribution in [0, 0.1) is 0 Å². The zero-order valence-electron chi connectivity index (χ0n) is 7.62. The average molecular weight is 171 g/mol. The number of nitrogens with zero attached hydrogens (tertiary/aromatic N) is 1. The molecule has 1 N–H and O–H groups in total. The molecule has 0 bridgehead atoms. The van der Waals surface area contributed by atoms with Gasteiger partial charge in [-0.05, 0) is 32.4 Å². The van der Waals surface area contributed by atoms with Gasteiger partial charge in [-0.2, -0.15) is 0 Å². The summed E-state index contributed by atoms with van der Waals surface area (Å²) < 4.78 is 0. The number of carbonyl (C=O) groups is 1. The van der Waals surface area contributed by atoms with Gasteiger partial charge in [-0.25, -0.2) is 0 Å². The highest BCUT2D eigenvalue weighted by atomic mass is 16.4. The van der Waals surface area contributed by atoms with Crippen LogP contribution in [0.3, 0.4) is 0 Å². The summed E-state index contributed by atoms with van der Waals surface area (Å²) in [7, 11) is 0. The van der Waals surface area contributed by atoms with Gasteiger partial charge in [-0.15, -0.1) is 0 Å². The van der Waals surface area contributed by atoms with Crippen LogP contribution in [0.15, 0.2) is 0 Å². The summed E-state index contributed by atoms with van der Waals surface area (Å²) in [6.45, 7) is 4.05. The van der Waals surface area contributed by atoms with Crippen LogP contribution in [0.4, 0.5) is 0 Å². The molecule has 1 fully saturated rings. The molecule has 0 radical (unpaired) electrons. The molecule has 1 saturated heterocycles. The van der Waals surface area contributed by atoms with Crippen LogP contribution in [-0.4, -0.2) is 35.1 Å². The Kier molecular flexibility index (Phi) is 3.53. The molecule has 1 aliphatic heterocycles. The normalized spacial score (nSPS) is 24.6. The molecule has 0 unspecified atom stereocenters. The summed E-state index contributed by atoms with van der Waals surface area (Å²) in [6, 6.07) is -0.198. The van der Waals surface area contributed by atoms with E-state index in [1.54, 1.807) is 0 Å². The maximum Gasteiger partial charge on any atom is 0.320 e. The first-order valence-electron chi connectivity index (χ1n) is 4.72. The summed E-state index contributed by atoms with van der Waals surface area (Å²) >= 11 is 0. The molecule has 1 atom stereocenters. The number of hydrogen-bond donors (Lipinski definition) is 1. The Labute approximate surface area is 73.4 Å². The van der Waals surface area contributed by atoms with E-state index in [0.29, 0.717) is 0 Å². The van der Waals surface area contributed by atoms with Gasteiger partial charge >= 0.3 is 5.97 Å². The smallest absolute Gasteiger partial charge is 0.320 e. The largest absolute Gasteiger partial charge is 0.480 e. The summed E-state index contributed by atoms with van der Waals surface area (Å²) in [6.07, 6.45) is 4.13. The van der Waals surface area contributed by atoms with Crippen molar-refractivity contribution in [2.24, 2.45) is 0 Å². The maximum atomic E-state index is 10.7. The standard InChI is InChI=1S/C9H17NO2/c1-2-3-6-10-7-4-5-8(10)9(11)12/h8H,2-7H2,1H3,(H,11,12)/t8-/m1/s1. The number of carboxylic acids is 1. The quantitative estimate of drug-likeness (QED) is 0.693. The highest BCUT2D eigenvalue weighted by Crippen LogP contribution is 2.17. The molecule has 0 spiro atoms. The SMILES string of the molecule is CCCCN1CCC[C@@H]1C(=O)O. The second kappa shape index (κ2) is 4.45. The van der Waals surface area contributed by atoms with Crippen LogP contribution >= 0.6 is 0 Å². The second-order valence-corrected chi connectivity index (χ2v) is 3.39. The van der Waals surface area contributed by atoms with Crippen LogP contribution in [0.5, 0.6) is 0 Å². The van der Waals surface area contributed by atoms with Crippen molar-refractivity contribution in [2.75, 3.05) is 13.1 Å². The molecule has 0 saturated carbocycles. The highest BCUT2D eigenvalue weighted by Gasteiger charge is 2.29. The predicted molar refractivity (Wildman–Crippen MR) is 47.1 cm³/mol. The van der Waals surface area contributed by atoms with E-state index in [-0.39, 0.29) is 6.04 Å². The first-order valence-corrected chi connectivity index (χ1v) is 4.72. The Morgan fingerprint density at radius 2 is 2.42 bits per heavy atom. The first-order chi connectivity index (χ1) is 5.75. The molecule has 1 heterocycles. The van der Waals surface area contributed by atoms with Crippen LogP contribution in [0.1, 0.15) is 32.6 Å². The second-order valence-electron chi connectivity index (χ2n) is 3.39. The van der Waals surface area contributed by atoms with E-state index < -0.39 is 5.97 Å². The third-order valence-electron chi connectivity index (χ3n) is 2.45. The van der Waals surface area contributed by atoms with Crippen molar-refractivity contribution in [1.29, 1.82) is 0 Å². The molecule has 0 aromatic rings. The molecule has 3 heteroatoms. The van der Waals surface area contributed by atoms with Gasteiger partial charge < -0.3 is 5.11 Å². The molecule has 70 valence electrons. The molecule has 0 amide bonds. The number of aliphatic carboxylic acids is 1. The van der Waals surface area contributed by atoms with Gasteiger partial charge in [0.15, 0.2) is 0 Å². The van der Waals surface area contributed by atoms with Gasteiger partial charge in [-0.1, -0.05) is 13.3 Å². The molecule has 0 aliphatic carbocycles. The zero-order valence-corrected chi connectivity index (χ0v) is 7.62. The molecule has 0 aromatic heterocycles. The summed E-state index contributed by atoms with van der Waals surface area (Å²) in [5, 5.41) is 8.84. The first kappa shape index (κ1) is 9.52. The van der Waals surface area contributed by atoms with Crippen LogP contribution in [0.25, 0.3) is 0 Å². The van der Waals surface area contributed by atoms with Gasteiger partial charge in [0.05, 0.1) is 0 Å². The van der Waals surface area contributed by atoms with Gasteiger partial charge in [0, 0.05) is 0 Å². The minimum atomic E-state index is -0.649. The maximum absolute atomic E-state index is 10.7. The fourth-order valence-electron chi connectivity index (χ4n) is 1.73. The van der Waals surface area contributed by atoms with Crippen molar-refractivity contribution in [2.45, 2.75) is 38.6 Å². The van der Waals surface area contributed by atoms with Crippen molar-refractivity contribution in [3.05, 3.63) is 0 Å². The molecule has 0 aromatic carbocycles. The number of carboxylic acid groups (broad SMARTS) is 1. The van der Waals surface area contributed by atoms with Gasteiger partial charge in [0.25, 0.3) is 0 Å². The molecular weight excluding hydrogens is 154 g/mol. The fourth-order valence-corrected chi connectivity index (χ4v) is 1.73.